The van der Waals surface area contributed by atoms with Gasteiger partial charge < -0.3 is 16.8 Å². The van der Waals surface area contributed by atoms with Crippen molar-refractivity contribution in [3.8, 4) is 0 Å². The van der Waals surface area contributed by atoms with Crippen molar-refractivity contribution in [3.63, 3.8) is 0 Å². The molecule has 0 aliphatic heterocycles. The van der Waals surface area contributed by atoms with Gasteiger partial charge in [0.15, 0.2) is 0 Å². The minimum absolute atomic E-state index is 0.381. The van der Waals surface area contributed by atoms with Crippen LogP contribution in [-0.4, -0.2) is 12.5 Å². The van der Waals surface area contributed by atoms with Gasteiger partial charge in [0.25, 0.3) is 5.91 Å². The van der Waals surface area contributed by atoms with Gasteiger partial charge in [-0.1, -0.05) is 45.6 Å². The van der Waals surface area contributed by atoms with Crippen molar-refractivity contribution in [1.29, 1.82) is 0 Å². The minimum Gasteiger partial charge on any atom is -0.396 e. The summed E-state index contributed by atoms with van der Waals surface area (Å²) in [4.78, 5) is 11.2. The molecule has 0 bridgehead atoms. The fourth-order valence-corrected chi connectivity index (χ4v) is 2.19. The van der Waals surface area contributed by atoms with Gasteiger partial charge in [-0.3, -0.25) is 4.79 Å². The van der Waals surface area contributed by atoms with Crippen LogP contribution in [0.1, 0.15) is 56.3 Å². The van der Waals surface area contributed by atoms with Crippen molar-refractivity contribution < 1.29 is 4.79 Å². The number of nitrogens with one attached hydrogen (secondary N) is 1. The minimum atomic E-state index is -0.486. The third-order valence-electron chi connectivity index (χ3n) is 3.40. The quantitative estimate of drug-likeness (QED) is 0.478. The first-order valence-corrected chi connectivity index (χ1v) is 7.44. The maximum Gasteiger partial charge on any atom is 0.250 e. The van der Waals surface area contributed by atoms with Crippen molar-refractivity contribution >= 4 is 17.3 Å². The number of carbonyl (C=O) groups is 1. The summed E-state index contributed by atoms with van der Waals surface area (Å²) in [5.74, 6) is 0.310. The molecule has 20 heavy (non-hydrogen) atoms. The van der Waals surface area contributed by atoms with Crippen LogP contribution in [0.3, 0.4) is 0 Å². The summed E-state index contributed by atoms with van der Waals surface area (Å²) >= 11 is 0. The first kappa shape index (κ1) is 16.3. The third-order valence-corrected chi connectivity index (χ3v) is 3.40. The summed E-state index contributed by atoms with van der Waals surface area (Å²) < 4.78 is 0. The summed E-state index contributed by atoms with van der Waals surface area (Å²) in [6, 6.07) is 5.32. The number of hydrogen-bond donors (Lipinski definition) is 3. The number of nitrogen functional groups attached to an aromatic ring is 1. The van der Waals surface area contributed by atoms with E-state index in [0.717, 1.165) is 24.6 Å². The highest BCUT2D eigenvalue weighted by atomic mass is 16.1. The van der Waals surface area contributed by atoms with Gasteiger partial charge in [-0.2, -0.15) is 0 Å². The maximum absolute atomic E-state index is 11.2. The molecule has 0 aliphatic rings. The van der Waals surface area contributed by atoms with Crippen LogP contribution in [0, 0.1) is 5.92 Å². The molecule has 4 heteroatoms. The van der Waals surface area contributed by atoms with E-state index in [2.05, 4.69) is 19.2 Å². The summed E-state index contributed by atoms with van der Waals surface area (Å²) in [5.41, 5.74) is 12.8. The summed E-state index contributed by atoms with van der Waals surface area (Å²) in [6.07, 6.45) is 6.21. The summed E-state index contributed by atoms with van der Waals surface area (Å²) in [5, 5.41) is 3.28. The number of unbranched alkanes of at least 4 members (excludes halogenated alkanes) is 3. The largest absolute Gasteiger partial charge is 0.396 e. The molecule has 0 saturated carbocycles. The van der Waals surface area contributed by atoms with Gasteiger partial charge >= 0.3 is 0 Å². The Morgan fingerprint density at radius 2 is 1.90 bits per heavy atom. The van der Waals surface area contributed by atoms with Gasteiger partial charge in [0, 0.05) is 6.54 Å². The second-order valence-corrected chi connectivity index (χ2v) is 5.65. The Morgan fingerprint density at radius 3 is 2.55 bits per heavy atom. The molecular formula is C16H27N3O. The van der Waals surface area contributed by atoms with Crippen LogP contribution < -0.4 is 16.8 Å². The fraction of sp³-hybridized carbons (Fsp3) is 0.562. The number of hydrogen-bond acceptors (Lipinski definition) is 3. The topological polar surface area (TPSA) is 81.1 Å². The van der Waals surface area contributed by atoms with E-state index in [1.807, 2.05) is 6.07 Å². The van der Waals surface area contributed by atoms with Gasteiger partial charge in [-0.05, 0) is 24.5 Å². The number of nitrogens with two attached hydrogens (primary N) is 2. The normalized spacial score (nSPS) is 10.8. The zero-order valence-electron chi connectivity index (χ0n) is 12.6. The zero-order valence-corrected chi connectivity index (χ0v) is 12.6. The first-order chi connectivity index (χ1) is 9.52. The average Bonchev–Trinajstić information content (AvgIpc) is 2.38. The second kappa shape index (κ2) is 8.46. The van der Waals surface area contributed by atoms with Gasteiger partial charge in [-0.25, -0.2) is 0 Å². The van der Waals surface area contributed by atoms with Crippen LogP contribution in [0.15, 0.2) is 18.2 Å². The van der Waals surface area contributed by atoms with Gasteiger partial charge in [0.2, 0.25) is 0 Å². The van der Waals surface area contributed by atoms with E-state index in [4.69, 9.17) is 11.5 Å². The lowest BCUT2D eigenvalue weighted by atomic mass is 10.0. The highest BCUT2D eigenvalue weighted by Crippen LogP contribution is 2.22. The Bertz CT molecular complexity index is 430. The molecule has 0 radical (unpaired) electrons. The van der Waals surface area contributed by atoms with Crippen LogP contribution in [0.5, 0.6) is 0 Å². The van der Waals surface area contributed by atoms with Crippen LogP contribution in [0.2, 0.25) is 0 Å². The molecule has 1 aromatic rings. The van der Waals surface area contributed by atoms with Crippen molar-refractivity contribution in [1.82, 2.24) is 0 Å². The molecule has 0 aliphatic carbocycles. The Labute approximate surface area is 121 Å². The highest BCUT2D eigenvalue weighted by Gasteiger charge is 2.08. The van der Waals surface area contributed by atoms with Crippen LogP contribution in [0.4, 0.5) is 11.4 Å². The molecule has 0 saturated heterocycles. The van der Waals surface area contributed by atoms with Crippen molar-refractivity contribution in [3.05, 3.63) is 23.8 Å². The lowest BCUT2D eigenvalue weighted by Gasteiger charge is -2.11. The Kier molecular flexibility index (Phi) is 6.91. The molecule has 0 heterocycles. The lowest BCUT2D eigenvalue weighted by molar-refractivity contribution is 0.100. The van der Waals surface area contributed by atoms with Crippen LogP contribution >= 0.6 is 0 Å². The van der Waals surface area contributed by atoms with E-state index in [9.17, 15) is 4.79 Å². The van der Waals surface area contributed by atoms with Crippen molar-refractivity contribution in [2.24, 2.45) is 11.7 Å². The average molecular weight is 277 g/mol. The number of amides is 1. The predicted octanol–water partition coefficient (Wildman–Crippen LogP) is 3.39. The summed E-state index contributed by atoms with van der Waals surface area (Å²) in [7, 11) is 0. The number of carbonyl (C=O) groups excluding carboxylic acids is 1. The van der Waals surface area contributed by atoms with Gasteiger partial charge in [0.1, 0.15) is 0 Å². The predicted molar refractivity (Wildman–Crippen MR) is 85.8 cm³/mol. The Balaban J connectivity index is 2.29. The van der Waals surface area contributed by atoms with Crippen molar-refractivity contribution in [2.45, 2.75) is 46.0 Å². The number of primary amides is 1. The van der Waals surface area contributed by atoms with Crippen molar-refractivity contribution in [2.75, 3.05) is 17.6 Å². The third kappa shape index (κ3) is 5.51. The summed E-state index contributed by atoms with van der Waals surface area (Å²) in [6.45, 7) is 5.39. The molecule has 0 fully saturated rings. The molecule has 1 aromatic carbocycles. The monoisotopic (exact) mass is 277 g/mol. The van der Waals surface area contributed by atoms with Crippen LogP contribution in [0.25, 0.3) is 0 Å². The molecule has 4 nitrogen and oxygen atoms in total. The number of benzene rings is 1. The Morgan fingerprint density at radius 1 is 1.20 bits per heavy atom. The molecule has 5 N–H and O–H groups in total. The first-order valence-electron chi connectivity index (χ1n) is 7.44. The Hall–Kier alpha value is -1.71. The van der Waals surface area contributed by atoms with Crippen LogP contribution in [-0.2, 0) is 0 Å². The maximum atomic E-state index is 11.2. The van der Waals surface area contributed by atoms with Gasteiger partial charge in [0.05, 0.1) is 16.9 Å². The molecule has 112 valence electrons. The second-order valence-electron chi connectivity index (χ2n) is 5.65. The van der Waals surface area contributed by atoms with E-state index in [0.29, 0.717) is 11.3 Å². The molecule has 0 aromatic heterocycles. The molecular weight excluding hydrogens is 250 g/mol. The zero-order chi connectivity index (χ0) is 15.0. The number of para-hydroxylation sites is 1. The highest BCUT2D eigenvalue weighted by molar-refractivity contribution is 6.00. The van der Waals surface area contributed by atoms with E-state index in [1.165, 1.54) is 25.7 Å². The van der Waals surface area contributed by atoms with E-state index in [-0.39, 0.29) is 0 Å². The van der Waals surface area contributed by atoms with E-state index < -0.39 is 5.91 Å². The fourth-order valence-electron chi connectivity index (χ4n) is 2.19. The molecule has 0 spiro atoms. The molecule has 1 amide bonds. The number of anilines is 2. The lowest BCUT2D eigenvalue weighted by Crippen LogP contribution is -2.15. The SMILES string of the molecule is CC(C)CCCCCCNc1cccc(C(N)=O)c1N. The number of rotatable bonds is 9. The smallest absolute Gasteiger partial charge is 0.250 e. The standard InChI is InChI=1S/C16H27N3O/c1-12(2)8-5-3-4-6-11-19-14-10-7-9-13(15(14)17)16(18)20/h7,9-10,12,19H,3-6,8,11,17H2,1-2H3,(H2,18,20). The molecule has 1 rings (SSSR count). The van der Waals surface area contributed by atoms with Gasteiger partial charge in [-0.15, -0.1) is 0 Å². The van der Waals surface area contributed by atoms with E-state index in [1.54, 1.807) is 12.1 Å². The van der Waals surface area contributed by atoms with E-state index >= 15 is 0 Å². The molecule has 0 atom stereocenters. The molecule has 0 unspecified atom stereocenters.